The second kappa shape index (κ2) is 6.39. The third kappa shape index (κ3) is 3.59. The predicted molar refractivity (Wildman–Crippen MR) is 75.2 cm³/mol. The molecule has 0 aliphatic carbocycles. The van der Waals surface area contributed by atoms with Crippen molar-refractivity contribution in [1.82, 2.24) is 0 Å². The van der Waals surface area contributed by atoms with Gasteiger partial charge in [0.1, 0.15) is 5.78 Å². The number of carbonyl (C=O) groups excluding carboxylic acids is 1. The molecule has 0 saturated carbocycles. The Kier molecular flexibility index (Phi) is 4.84. The Labute approximate surface area is 113 Å². The molecule has 18 heavy (non-hydrogen) atoms. The van der Waals surface area contributed by atoms with E-state index in [2.05, 4.69) is 38.1 Å². The lowest BCUT2D eigenvalue weighted by Gasteiger charge is -2.08. The highest BCUT2D eigenvalue weighted by atomic mass is 32.2. The van der Waals surface area contributed by atoms with E-state index in [0.717, 1.165) is 13.0 Å². The first-order chi connectivity index (χ1) is 8.66. The van der Waals surface area contributed by atoms with Crippen LogP contribution in [0.1, 0.15) is 31.7 Å². The minimum Gasteiger partial charge on any atom is -0.381 e. The van der Waals surface area contributed by atoms with Crippen LogP contribution in [0.2, 0.25) is 0 Å². The monoisotopic (exact) mass is 264 g/mol. The summed E-state index contributed by atoms with van der Waals surface area (Å²) in [5.41, 5.74) is 1.34. The number of carbonyl (C=O) groups is 1. The molecule has 1 unspecified atom stereocenters. The van der Waals surface area contributed by atoms with E-state index < -0.39 is 0 Å². The van der Waals surface area contributed by atoms with Crippen LogP contribution < -0.4 is 0 Å². The van der Waals surface area contributed by atoms with Crippen molar-refractivity contribution in [3.8, 4) is 0 Å². The maximum Gasteiger partial charge on any atom is 0.148 e. The number of hydrogen-bond donors (Lipinski definition) is 0. The van der Waals surface area contributed by atoms with Crippen LogP contribution in [0.15, 0.2) is 29.2 Å². The zero-order valence-corrected chi connectivity index (χ0v) is 11.8. The molecular weight excluding hydrogens is 244 g/mol. The van der Waals surface area contributed by atoms with E-state index in [4.69, 9.17) is 4.74 Å². The minimum absolute atomic E-state index is 0.132. The van der Waals surface area contributed by atoms with E-state index in [-0.39, 0.29) is 5.92 Å². The van der Waals surface area contributed by atoms with Gasteiger partial charge in [0.15, 0.2) is 0 Å². The Morgan fingerprint density at radius 2 is 2.11 bits per heavy atom. The normalized spacial score (nSPS) is 19.4. The van der Waals surface area contributed by atoms with Gasteiger partial charge in [-0.2, -0.15) is 0 Å². The molecule has 1 saturated heterocycles. The van der Waals surface area contributed by atoms with Crippen LogP contribution in [0.25, 0.3) is 0 Å². The van der Waals surface area contributed by atoms with Gasteiger partial charge in [-0.05, 0) is 30.0 Å². The molecule has 0 bridgehead atoms. The first kappa shape index (κ1) is 13.6. The summed E-state index contributed by atoms with van der Waals surface area (Å²) in [6.45, 7) is 5.73. The fourth-order valence-corrected chi connectivity index (χ4v) is 2.88. The zero-order chi connectivity index (χ0) is 13.0. The smallest absolute Gasteiger partial charge is 0.148 e. The highest BCUT2D eigenvalue weighted by Crippen LogP contribution is 2.24. The number of ether oxygens (including phenoxy) is 1. The maximum atomic E-state index is 11.9. The van der Waals surface area contributed by atoms with E-state index in [9.17, 15) is 4.79 Å². The Bertz CT molecular complexity index is 391. The highest BCUT2D eigenvalue weighted by molar-refractivity contribution is 8.00. The third-order valence-electron chi connectivity index (χ3n) is 3.31. The van der Waals surface area contributed by atoms with Gasteiger partial charge in [-0.1, -0.05) is 26.0 Å². The Balaban J connectivity index is 1.84. The average Bonchev–Trinajstić information content (AvgIpc) is 2.90. The van der Waals surface area contributed by atoms with Crippen LogP contribution in [0.3, 0.4) is 0 Å². The fourth-order valence-electron chi connectivity index (χ4n) is 2.01. The molecule has 98 valence electrons. The second-order valence-corrected chi connectivity index (χ2v) is 6.09. The Hall–Kier alpha value is -0.800. The number of rotatable bonds is 5. The molecule has 1 heterocycles. The summed E-state index contributed by atoms with van der Waals surface area (Å²) in [6, 6.07) is 8.52. The topological polar surface area (TPSA) is 26.3 Å². The van der Waals surface area contributed by atoms with Gasteiger partial charge in [0.2, 0.25) is 0 Å². The summed E-state index contributed by atoms with van der Waals surface area (Å²) in [6.07, 6.45) is 0.895. The third-order valence-corrected chi connectivity index (χ3v) is 4.35. The number of ketones is 1. The SMILES string of the molecule is CC(C)c1ccc(SCC(=O)C2CCOC2)cc1. The summed E-state index contributed by atoms with van der Waals surface area (Å²) in [4.78, 5) is 13.1. The summed E-state index contributed by atoms with van der Waals surface area (Å²) < 4.78 is 5.24. The second-order valence-electron chi connectivity index (χ2n) is 5.04. The number of thioether (sulfide) groups is 1. The van der Waals surface area contributed by atoms with Crippen LogP contribution in [0, 0.1) is 5.92 Å². The van der Waals surface area contributed by atoms with Gasteiger partial charge in [-0.3, -0.25) is 4.79 Å². The first-order valence-electron chi connectivity index (χ1n) is 6.50. The van der Waals surface area contributed by atoms with E-state index in [1.165, 1.54) is 10.5 Å². The molecule has 0 spiro atoms. The lowest BCUT2D eigenvalue weighted by molar-refractivity contribution is -0.120. The van der Waals surface area contributed by atoms with Gasteiger partial charge < -0.3 is 4.74 Å². The van der Waals surface area contributed by atoms with E-state index in [1.54, 1.807) is 11.8 Å². The zero-order valence-electron chi connectivity index (χ0n) is 11.0. The van der Waals surface area contributed by atoms with Crippen molar-refractivity contribution in [1.29, 1.82) is 0 Å². The molecule has 2 nitrogen and oxygen atoms in total. The highest BCUT2D eigenvalue weighted by Gasteiger charge is 2.23. The molecule has 1 aromatic carbocycles. The van der Waals surface area contributed by atoms with Crippen LogP contribution >= 0.6 is 11.8 Å². The van der Waals surface area contributed by atoms with Crippen molar-refractivity contribution < 1.29 is 9.53 Å². The van der Waals surface area contributed by atoms with Gasteiger partial charge in [-0.25, -0.2) is 0 Å². The van der Waals surface area contributed by atoms with Gasteiger partial charge in [0.05, 0.1) is 12.4 Å². The summed E-state index contributed by atoms with van der Waals surface area (Å²) >= 11 is 1.63. The van der Waals surface area contributed by atoms with Crippen LogP contribution in [-0.4, -0.2) is 24.7 Å². The Morgan fingerprint density at radius 3 is 2.67 bits per heavy atom. The van der Waals surface area contributed by atoms with Crippen molar-refractivity contribution in [3.05, 3.63) is 29.8 Å². The lowest BCUT2D eigenvalue weighted by Crippen LogP contribution is -2.16. The summed E-state index contributed by atoms with van der Waals surface area (Å²) in [7, 11) is 0. The first-order valence-corrected chi connectivity index (χ1v) is 7.48. The van der Waals surface area contributed by atoms with Crippen LogP contribution in [0.5, 0.6) is 0 Å². The number of hydrogen-bond acceptors (Lipinski definition) is 3. The molecule has 2 rings (SSSR count). The molecule has 1 aliphatic rings. The molecule has 1 aliphatic heterocycles. The van der Waals surface area contributed by atoms with E-state index >= 15 is 0 Å². The summed E-state index contributed by atoms with van der Waals surface area (Å²) in [5, 5.41) is 0. The molecular formula is C15H20O2S. The quantitative estimate of drug-likeness (QED) is 0.761. The molecule has 0 radical (unpaired) electrons. The van der Waals surface area contributed by atoms with Crippen molar-refractivity contribution >= 4 is 17.5 Å². The minimum atomic E-state index is 0.132. The largest absolute Gasteiger partial charge is 0.381 e. The van der Waals surface area contributed by atoms with Gasteiger partial charge in [0, 0.05) is 17.4 Å². The molecule has 1 aromatic rings. The maximum absolute atomic E-state index is 11.9. The van der Waals surface area contributed by atoms with Crippen LogP contribution in [0.4, 0.5) is 0 Å². The molecule has 0 aromatic heterocycles. The predicted octanol–water partition coefficient (Wildman–Crippen LogP) is 3.51. The van der Waals surface area contributed by atoms with Crippen molar-refractivity contribution in [2.24, 2.45) is 5.92 Å². The van der Waals surface area contributed by atoms with Gasteiger partial charge in [-0.15, -0.1) is 11.8 Å². The molecule has 1 atom stereocenters. The Morgan fingerprint density at radius 1 is 1.39 bits per heavy atom. The number of Topliss-reactive ketones (excluding diaryl/α,β-unsaturated/α-hetero) is 1. The molecule has 1 fully saturated rings. The molecule has 3 heteroatoms. The lowest BCUT2D eigenvalue weighted by atomic mass is 10.0. The standard InChI is InChI=1S/C15H20O2S/c1-11(2)12-3-5-14(6-4-12)18-10-15(16)13-7-8-17-9-13/h3-6,11,13H,7-10H2,1-2H3. The van der Waals surface area contributed by atoms with Crippen molar-refractivity contribution in [3.63, 3.8) is 0 Å². The van der Waals surface area contributed by atoms with E-state index in [1.807, 2.05) is 0 Å². The molecule has 0 amide bonds. The van der Waals surface area contributed by atoms with E-state index in [0.29, 0.717) is 24.1 Å². The number of benzene rings is 1. The molecule has 0 N–H and O–H groups in total. The van der Waals surface area contributed by atoms with Gasteiger partial charge >= 0.3 is 0 Å². The average molecular weight is 264 g/mol. The van der Waals surface area contributed by atoms with Crippen molar-refractivity contribution in [2.45, 2.75) is 31.1 Å². The van der Waals surface area contributed by atoms with Gasteiger partial charge in [0.25, 0.3) is 0 Å². The fraction of sp³-hybridized carbons (Fsp3) is 0.533. The van der Waals surface area contributed by atoms with Crippen LogP contribution in [-0.2, 0) is 9.53 Å². The van der Waals surface area contributed by atoms with Crippen molar-refractivity contribution in [2.75, 3.05) is 19.0 Å². The summed E-state index contributed by atoms with van der Waals surface area (Å²) in [5.74, 6) is 1.58.